The number of hydrogen-bond acceptors (Lipinski definition) is 7. The van der Waals surface area contributed by atoms with E-state index in [0.29, 0.717) is 5.95 Å². The molecule has 1 N–H and O–H groups in total. The molecule has 1 aliphatic rings. The van der Waals surface area contributed by atoms with Crippen molar-refractivity contribution in [3.8, 4) is 0 Å². The van der Waals surface area contributed by atoms with Gasteiger partial charge in [0.1, 0.15) is 0 Å². The Morgan fingerprint density at radius 3 is 2.59 bits per heavy atom. The van der Waals surface area contributed by atoms with Crippen LogP contribution in [0.15, 0.2) is 36.7 Å². The molecule has 0 spiro atoms. The van der Waals surface area contributed by atoms with Crippen molar-refractivity contribution >= 4 is 32.6 Å². The van der Waals surface area contributed by atoms with Crippen LogP contribution in [0.25, 0.3) is 10.2 Å². The van der Waals surface area contributed by atoms with E-state index in [0.717, 1.165) is 62.8 Å². The highest BCUT2D eigenvalue weighted by Gasteiger charge is 2.18. The highest BCUT2D eigenvalue weighted by Crippen LogP contribution is 2.25. The van der Waals surface area contributed by atoms with Gasteiger partial charge in [-0.2, -0.15) is 0 Å². The van der Waals surface area contributed by atoms with Gasteiger partial charge in [-0.25, -0.2) is 19.3 Å². The van der Waals surface area contributed by atoms with E-state index in [1.54, 1.807) is 11.3 Å². The number of aromatic nitrogens is 3. The van der Waals surface area contributed by atoms with Crippen molar-refractivity contribution in [2.75, 3.05) is 49.5 Å². The monoisotopic (exact) mass is 386 g/mol. The lowest BCUT2D eigenvalue weighted by atomic mass is 10.2. The van der Waals surface area contributed by atoms with E-state index in [1.807, 2.05) is 18.2 Å². The lowest BCUT2D eigenvalue weighted by molar-refractivity contribution is 0.252. The number of hydrogen-bond donors (Lipinski definition) is 1. The Morgan fingerprint density at radius 2 is 1.81 bits per heavy atom. The summed E-state index contributed by atoms with van der Waals surface area (Å²) in [6, 6.07) is 8.22. The van der Waals surface area contributed by atoms with Crippen molar-refractivity contribution in [1.82, 2.24) is 19.9 Å². The second kappa shape index (κ2) is 8.58. The summed E-state index contributed by atoms with van der Waals surface area (Å²) in [6.45, 7) is 5.80. The Kier molecular flexibility index (Phi) is 5.74. The number of nitrogens with zero attached hydrogens (tertiary/aromatic N) is 5. The molecule has 1 fully saturated rings. The molecule has 27 heavy (non-hydrogen) atoms. The number of benzene rings is 1. The number of thiazole rings is 1. The molecular formula is C19H23FN6S. The zero-order valence-corrected chi connectivity index (χ0v) is 16.0. The second-order valence-corrected chi connectivity index (χ2v) is 7.68. The first kappa shape index (κ1) is 18.1. The standard InChI is InChI=1S/C19H23FN6S/c20-15-13-22-18(23-14-15)26-11-9-25(10-12-26)8-4-3-7-21-19-24-16-5-1-2-6-17(16)27-19/h1-2,5-6,13-14H,3-4,7-12H2,(H,21,24). The molecule has 8 heteroatoms. The van der Waals surface area contributed by atoms with E-state index in [-0.39, 0.29) is 0 Å². The number of rotatable bonds is 7. The zero-order valence-electron chi connectivity index (χ0n) is 15.1. The van der Waals surface area contributed by atoms with Crippen LogP contribution in [0.5, 0.6) is 0 Å². The maximum absolute atomic E-state index is 12.9. The molecule has 0 atom stereocenters. The molecule has 1 aromatic carbocycles. The fourth-order valence-electron chi connectivity index (χ4n) is 3.24. The summed E-state index contributed by atoms with van der Waals surface area (Å²) < 4.78 is 14.1. The molecule has 3 aromatic rings. The van der Waals surface area contributed by atoms with E-state index >= 15 is 0 Å². The van der Waals surface area contributed by atoms with Gasteiger partial charge in [0.2, 0.25) is 5.95 Å². The van der Waals surface area contributed by atoms with Gasteiger partial charge in [-0.1, -0.05) is 23.5 Å². The van der Waals surface area contributed by atoms with Crippen LogP contribution in [0.4, 0.5) is 15.5 Å². The Balaban J connectivity index is 1.14. The van der Waals surface area contributed by atoms with Gasteiger partial charge in [0, 0.05) is 32.7 Å². The Labute approximate surface area is 162 Å². The number of anilines is 2. The predicted molar refractivity (Wildman–Crippen MR) is 108 cm³/mol. The third-order valence-electron chi connectivity index (χ3n) is 4.73. The zero-order chi connectivity index (χ0) is 18.5. The number of piperazine rings is 1. The predicted octanol–water partition coefficient (Wildman–Crippen LogP) is 3.24. The van der Waals surface area contributed by atoms with Crippen LogP contribution in [0.2, 0.25) is 0 Å². The smallest absolute Gasteiger partial charge is 0.225 e. The topological polar surface area (TPSA) is 57.2 Å². The van der Waals surface area contributed by atoms with E-state index in [4.69, 9.17) is 0 Å². The van der Waals surface area contributed by atoms with E-state index < -0.39 is 5.82 Å². The van der Waals surface area contributed by atoms with Gasteiger partial charge < -0.3 is 10.2 Å². The molecule has 1 saturated heterocycles. The van der Waals surface area contributed by atoms with E-state index in [1.165, 1.54) is 17.1 Å². The van der Waals surface area contributed by atoms with Crippen molar-refractivity contribution in [1.29, 1.82) is 0 Å². The Hall–Kier alpha value is -2.32. The number of para-hydroxylation sites is 1. The second-order valence-electron chi connectivity index (χ2n) is 6.65. The molecule has 142 valence electrons. The summed E-state index contributed by atoms with van der Waals surface area (Å²) in [5.74, 6) is 0.230. The fourth-order valence-corrected chi connectivity index (χ4v) is 4.14. The van der Waals surface area contributed by atoms with Gasteiger partial charge in [0.15, 0.2) is 10.9 Å². The highest BCUT2D eigenvalue weighted by molar-refractivity contribution is 7.22. The van der Waals surface area contributed by atoms with Gasteiger partial charge in [-0.3, -0.25) is 4.90 Å². The summed E-state index contributed by atoms with van der Waals surface area (Å²) >= 11 is 1.71. The van der Waals surface area contributed by atoms with Crippen LogP contribution in [0.1, 0.15) is 12.8 Å². The number of unbranched alkanes of at least 4 members (excludes halogenated alkanes) is 1. The van der Waals surface area contributed by atoms with Crippen molar-refractivity contribution in [3.63, 3.8) is 0 Å². The quantitative estimate of drug-likeness (QED) is 0.629. The molecule has 2 aromatic heterocycles. The Morgan fingerprint density at radius 1 is 1.04 bits per heavy atom. The summed E-state index contributed by atoms with van der Waals surface area (Å²) in [6.07, 6.45) is 4.74. The number of fused-ring (bicyclic) bond motifs is 1. The summed E-state index contributed by atoms with van der Waals surface area (Å²) in [5, 5.41) is 4.44. The van der Waals surface area contributed by atoms with Gasteiger partial charge in [0.05, 0.1) is 22.6 Å². The molecule has 0 saturated carbocycles. The summed E-state index contributed by atoms with van der Waals surface area (Å²) in [5.41, 5.74) is 1.06. The summed E-state index contributed by atoms with van der Waals surface area (Å²) in [4.78, 5) is 17.3. The minimum atomic E-state index is -0.392. The third kappa shape index (κ3) is 4.70. The molecular weight excluding hydrogens is 363 g/mol. The van der Waals surface area contributed by atoms with Crippen molar-refractivity contribution < 1.29 is 4.39 Å². The molecule has 0 bridgehead atoms. The molecule has 0 aliphatic carbocycles. The molecule has 0 unspecified atom stereocenters. The van der Waals surface area contributed by atoms with Gasteiger partial charge >= 0.3 is 0 Å². The average molecular weight is 387 g/mol. The first-order chi connectivity index (χ1) is 13.3. The third-order valence-corrected chi connectivity index (χ3v) is 5.73. The van der Waals surface area contributed by atoms with Crippen LogP contribution in [0, 0.1) is 5.82 Å². The van der Waals surface area contributed by atoms with Gasteiger partial charge in [0.25, 0.3) is 0 Å². The van der Waals surface area contributed by atoms with Crippen LogP contribution in [0.3, 0.4) is 0 Å². The molecule has 0 amide bonds. The van der Waals surface area contributed by atoms with Crippen LogP contribution < -0.4 is 10.2 Å². The maximum atomic E-state index is 12.9. The van der Waals surface area contributed by atoms with E-state index in [9.17, 15) is 4.39 Å². The van der Waals surface area contributed by atoms with Crippen molar-refractivity contribution in [2.45, 2.75) is 12.8 Å². The van der Waals surface area contributed by atoms with E-state index in [2.05, 4.69) is 36.1 Å². The largest absolute Gasteiger partial charge is 0.361 e. The van der Waals surface area contributed by atoms with Gasteiger partial charge in [-0.05, 0) is 31.5 Å². The lowest BCUT2D eigenvalue weighted by Gasteiger charge is -2.34. The first-order valence-corrected chi connectivity index (χ1v) is 10.1. The van der Waals surface area contributed by atoms with Crippen LogP contribution >= 0.6 is 11.3 Å². The molecule has 4 rings (SSSR count). The normalized spacial score (nSPS) is 15.4. The van der Waals surface area contributed by atoms with Gasteiger partial charge in [-0.15, -0.1) is 0 Å². The van der Waals surface area contributed by atoms with Crippen LogP contribution in [-0.2, 0) is 0 Å². The van der Waals surface area contributed by atoms with Crippen molar-refractivity contribution in [2.24, 2.45) is 0 Å². The lowest BCUT2D eigenvalue weighted by Crippen LogP contribution is -2.47. The molecule has 1 aliphatic heterocycles. The molecule has 6 nitrogen and oxygen atoms in total. The SMILES string of the molecule is Fc1cnc(N2CCN(CCCCNc3nc4ccccc4s3)CC2)nc1. The number of nitrogens with one attached hydrogen (secondary N) is 1. The maximum Gasteiger partial charge on any atom is 0.225 e. The Bertz CT molecular complexity index is 827. The minimum absolute atomic E-state index is 0.392. The molecule has 3 heterocycles. The summed E-state index contributed by atoms with van der Waals surface area (Å²) in [7, 11) is 0. The van der Waals surface area contributed by atoms with Crippen LogP contribution in [-0.4, -0.2) is 59.1 Å². The average Bonchev–Trinajstić information content (AvgIpc) is 3.12. The first-order valence-electron chi connectivity index (χ1n) is 9.32. The highest BCUT2D eigenvalue weighted by atomic mass is 32.1. The van der Waals surface area contributed by atoms with Crippen molar-refractivity contribution in [3.05, 3.63) is 42.5 Å². The number of halogens is 1. The minimum Gasteiger partial charge on any atom is -0.361 e. The fraction of sp³-hybridized carbons (Fsp3) is 0.421. The molecule has 0 radical (unpaired) electrons.